The Labute approximate surface area is 140 Å². The summed E-state index contributed by atoms with van der Waals surface area (Å²) in [5.41, 5.74) is 3.52. The lowest BCUT2D eigenvalue weighted by Crippen LogP contribution is -2.32. The van der Waals surface area contributed by atoms with E-state index in [0.29, 0.717) is 18.2 Å². The van der Waals surface area contributed by atoms with E-state index in [0.717, 1.165) is 23.9 Å². The van der Waals surface area contributed by atoms with E-state index in [2.05, 4.69) is 27.8 Å². The second-order valence-corrected chi connectivity index (χ2v) is 6.39. The number of rotatable bonds is 4. The topological polar surface area (TPSA) is 59.8 Å². The fourth-order valence-electron chi connectivity index (χ4n) is 3.33. The summed E-state index contributed by atoms with van der Waals surface area (Å²) in [6.45, 7) is 0.672. The molecule has 1 heterocycles. The van der Waals surface area contributed by atoms with E-state index >= 15 is 0 Å². The minimum Gasteiger partial charge on any atom is -0.349 e. The summed E-state index contributed by atoms with van der Waals surface area (Å²) in [5.74, 6) is -0.0126. The van der Waals surface area contributed by atoms with Gasteiger partial charge in [-0.1, -0.05) is 48.4 Å². The number of carbonyl (C=O) groups excluding carboxylic acids is 1. The van der Waals surface area contributed by atoms with Crippen molar-refractivity contribution in [2.45, 2.75) is 38.3 Å². The second-order valence-electron chi connectivity index (χ2n) is 6.39. The van der Waals surface area contributed by atoms with Crippen molar-refractivity contribution in [3.8, 4) is 0 Å². The second kappa shape index (κ2) is 6.43. The minimum absolute atomic E-state index is 0.0126. The molecule has 0 unspecified atom stereocenters. The van der Waals surface area contributed by atoms with Gasteiger partial charge in [-0.25, -0.2) is 4.68 Å². The SMILES string of the molecule is O=C(NC1CCCC1)c1ccc2c(c1)nnn2Cc1ccccc1. The summed E-state index contributed by atoms with van der Waals surface area (Å²) in [5, 5.41) is 11.6. The number of benzene rings is 2. The van der Waals surface area contributed by atoms with Gasteiger partial charge in [0.25, 0.3) is 5.91 Å². The van der Waals surface area contributed by atoms with Gasteiger partial charge in [0.05, 0.1) is 12.1 Å². The Kier molecular flexibility index (Phi) is 3.99. The Bertz CT molecular complexity index is 850. The molecule has 1 aliphatic rings. The van der Waals surface area contributed by atoms with E-state index in [1.807, 2.05) is 41.1 Å². The van der Waals surface area contributed by atoms with E-state index in [9.17, 15) is 4.79 Å². The number of carbonyl (C=O) groups is 1. The highest BCUT2D eigenvalue weighted by Gasteiger charge is 2.18. The van der Waals surface area contributed by atoms with Crippen molar-refractivity contribution in [1.29, 1.82) is 0 Å². The molecule has 1 N–H and O–H groups in total. The molecule has 5 nitrogen and oxygen atoms in total. The van der Waals surface area contributed by atoms with Crippen LogP contribution in [-0.4, -0.2) is 26.9 Å². The zero-order valence-electron chi connectivity index (χ0n) is 13.5. The lowest BCUT2D eigenvalue weighted by atomic mass is 10.1. The van der Waals surface area contributed by atoms with Crippen molar-refractivity contribution in [3.05, 3.63) is 59.7 Å². The van der Waals surface area contributed by atoms with E-state index in [-0.39, 0.29) is 5.91 Å². The monoisotopic (exact) mass is 320 g/mol. The Balaban J connectivity index is 1.55. The van der Waals surface area contributed by atoms with Crippen molar-refractivity contribution in [3.63, 3.8) is 0 Å². The van der Waals surface area contributed by atoms with Crippen molar-refractivity contribution in [2.75, 3.05) is 0 Å². The van der Waals surface area contributed by atoms with Gasteiger partial charge in [-0.2, -0.15) is 0 Å². The third-order valence-corrected chi connectivity index (χ3v) is 4.64. The van der Waals surface area contributed by atoms with Crippen LogP contribution in [0.3, 0.4) is 0 Å². The van der Waals surface area contributed by atoms with Crippen LogP contribution >= 0.6 is 0 Å². The van der Waals surface area contributed by atoms with Gasteiger partial charge in [-0.05, 0) is 36.6 Å². The number of amides is 1. The van der Waals surface area contributed by atoms with Gasteiger partial charge in [0.1, 0.15) is 5.52 Å². The van der Waals surface area contributed by atoms with Crippen LogP contribution < -0.4 is 5.32 Å². The molecule has 0 bridgehead atoms. The van der Waals surface area contributed by atoms with Gasteiger partial charge >= 0.3 is 0 Å². The van der Waals surface area contributed by atoms with Crippen LogP contribution in [0.5, 0.6) is 0 Å². The van der Waals surface area contributed by atoms with E-state index in [4.69, 9.17) is 0 Å². The van der Waals surface area contributed by atoms with Crippen molar-refractivity contribution >= 4 is 16.9 Å². The summed E-state index contributed by atoms with van der Waals surface area (Å²) in [7, 11) is 0. The Hall–Kier alpha value is -2.69. The quantitative estimate of drug-likeness (QED) is 0.803. The maximum atomic E-state index is 12.4. The summed E-state index contributed by atoms with van der Waals surface area (Å²) in [6, 6.07) is 16.1. The minimum atomic E-state index is -0.0126. The first kappa shape index (κ1) is 14.9. The van der Waals surface area contributed by atoms with Crippen LogP contribution in [0.25, 0.3) is 11.0 Å². The molecule has 1 aromatic heterocycles. The predicted octanol–water partition coefficient (Wildman–Crippen LogP) is 3.15. The molecule has 0 aliphatic heterocycles. The number of hydrogen-bond donors (Lipinski definition) is 1. The van der Waals surface area contributed by atoms with Crippen LogP contribution in [0.4, 0.5) is 0 Å². The fourth-order valence-corrected chi connectivity index (χ4v) is 3.33. The molecule has 24 heavy (non-hydrogen) atoms. The van der Waals surface area contributed by atoms with E-state index in [1.54, 1.807) is 0 Å². The number of hydrogen-bond acceptors (Lipinski definition) is 3. The van der Waals surface area contributed by atoms with Crippen molar-refractivity contribution in [2.24, 2.45) is 0 Å². The molecule has 1 amide bonds. The Morgan fingerprint density at radius 1 is 1.12 bits per heavy atom. The maximum absolute atomic E-state index is 12.4. The standard InChI is InChI=1S/C19H20N4O/c24-19(20-16-8-4-5-9-16)15-10-11-18-17(12-15)21-22-23(18)13-14-6-2-1-3-7-14/h1-3,6-7,10-12,16H,4-5,8-9,13H2,(H,20,24). The normalized spacial score (nSPS) is 15.0. The maximum Gasteiger partial charge on any atom is 0.251 e. The first-order valence-electron chi connectivity index (χ1n) is 8.48. The van der Waals surface area contributed by atoms with Crippen LogP contribution in [0, 0.1) is 0 Å². The van der Waals surface area contributed by atoms with Crippen LogP contribution in [0.15, 0.2) is 48.5 Å². The van der Waals surface area contributed by atoms with Crippen LogP contribution in [0.2, 0.25) is 0 Å². The number of nitrogens with zero attached hydrogens (tertiary/aromatic N) is 3. The fraction of sp³-hybridized carbons (Fsp3) is 0.316. The molecule has 1 aliphatic carbocycles. The third kappa shape index (κ3) is 3.02. The first-order valence-corrected chi connectivity index (χ1v) is 8.48. The third-order valence-electron chi connectivity index (χ3n) is 4.64. The summed E-state index contributed by atoms with van der Waals surface area (Å²) in [6.07, 6.45) is 4.58. The van der Waals surface area contributed by atoms with Gasteiger partial charge < -0.3 is 5.32 Å². The van der Waals surface area contributed by atoms with Gasteiger partial charge in [0, 0.05) is 11.6 Å². The highest BCUT2D eigenvalue weighted by Crippen LogP contribution is 2.19. The first-order chi connectivity index (χ1) is 11.8. The predicted molar refractivity (Wildman–Crippen MR) is 92.8 cm³/mol. The smallest absolute Gasteiger partial charge is 0.251 e. The zero-order chi connectivity index (χ0) is 16.4. The van der Waals surface area contributed by atoms with Crippen LogP contribution in [0.1, 0.15) is 41.6 Å². The number of nitrogens with one attached hydrogen (secondary N) is 1. The molecule has 0 atom stereocenters. The lowest BCUT2D eigenvalue weighted by molar-refractivity contribution is 0.0938. The number of aromatic nitrogens is 3. The molecular formula is C19H20N4O. The molecular weight excluding hydrogens is 300 g/mol. The Morgan fingerprint density at radius 2 is 1.92 bits per heavy atom. The number of fused-ring (bicyclic) bond motifs is 1. The van der Waals surface area contributed by atoms with Crippen molar-refractivity contribution < 1.29 is 4.79 Å². The largest absolute Gasteiger partial charge is 0.349 e. The molecule has 0 spiro atoms. The molecule has 0 saturated heterocycles. The van der Waals surface area contributed by atoms with Crippen LogP contribution in [-0.2, 0) is 6.54 Å². The molecule has 5 heteroatoms. The highest BCUT2D eigenvalue weighted by molar-refractivity contribution is 5.97. The van der Waals surface area contributed by atoms with E-state index in [1.165, 1.54) is 18.4 Å². The van der Waals surface area contributed by atoms with Crippen molar-refractivity contribution in [1.82, 2.24) is 20.3 Å². The van der Waals surface area contributed by atoms with Gasteiger partial charge in [-0.15, -0.1) is 5.10 Å². The zero-order valence-corrected chi connectivity index (χ0v) is 13.5. The summed E-state index contributed by atoms with van der Waals surface area (Å²) >= 11 is 0. The van der Waals surface area contributed by atoms with E-state index < -0.39 is 0 Å². The summed E-state index contributed by atoms with van der Waals surface area (Å²) < 4.78 is 1.86. The average Bonchev–Trinajstić information content (AvgIpc) is 3.25. The molecule has 1 fully saturated rings. The molecule has 2 aromatic carbocycles. The van der Waals surface area contributed by atoms with Gasteiger partial charge in [0.2, 0.25) is 0 Å². The molecule has 4 rings (SSSR count). The highest BCUT2D eigenvalue weighted by atomic mass is 16.1. The lowest BCUT2D eigenvalue weighted by Gasteiger charge is -2.11. The summed E-state index contributed by atoms with van der Waals surface area (Å²) in [4.78, 5) is 12.4. The average molecular weight is 320 g/mol. The Morgan fingerprint density at radius 3 is 2.71 bits per heavy atom. The van der Waals surface area contributed by atoms with Gasteiger partial charge in [0.15, 0.2) is 0 Å². The molecule has 0 radical (unpaired) electrons. The molecule has 3 aromatic rings. The van der Waals surface area contributed by atoms with Gasteiger partial charge in [-0.3, -0.25) is 4.79 Å². The molecule has 122 valence electrons. The molecule has 1 saturated carbocycles.